The van der Waals surface area contributed by atoms with E-state index in [4.69, 9.17) is 0 Å². The minimum absolute atomic E-state index is 0.460. The number of halogens is 2. The summed E-state index contributed by atoms with van der Waals surface area (Å²) in [6, 6.07) is 0. The summed E-state index contributed by atoms with van der Waals surface area (Å²) in [5, 5.41) is 0. The summed E-state index contributed by atoms with van der Waals surface area (Å²) >= 11 is -0.331. The number of nitrogens with zero attached hydrogens (tertiary/aromatic N) is 5. The molecule has 0 atom stereocenters. The minimum atomic E-state index is -5.42. The average Bonchev–Trinajstić information content (AvgIpc) is 1.83. The van der Waals surface area contributed by atoms with E-state index < -0.39 is 18.7 Å². The zero-order valence-corrected chi connectivity index (χ0v) is 8.01. The normalized spacial score (nSPS) is 38.7. The molecule has 11 heteroatoms. The molecule has 0 unspecified atom stereocenters. The Morgan fingerprint density at radius 2 is 1.64 bits per heavy atom. The van der Waals surface area contributed by atoms with Gasteiger partial charge in [0, 0.05) is 0 Å². The predicted molar refractivity (Wildman–Crippen MR) is 43.4 cm³/mol. The van der Waals surface area contributed by atoms with Crippen LogP contribution in [-0.2, 0) is 33.8 Å². The topological polar surface area (TPSA) is 61.8 Å². The number of hydrogen-bond acceptors (Lipinski definition) is 5. The third-order valence-electron chi connectivity index (χ3n) is 0.750. The van der Waals surface area contributed by atoms with E-state index in [0.717, 1.165) is 0 Å². The van der Waals surface area contributed by atoms with Crippen molar-refractivity contribution in [2.75, 3.05) is 0 Å². The fraction of sp³-hybridized carbons (Fsp3) is 0. The van der Waals surface area contributed by atoms with Gasteiger partial charge in [0.25, 0.3) is 0 Å². The second-order valence-electron chi connectivity index (χ2n) is 1.59. The van der Waals surface area contributed by atoms with Crippen LogP contribution in [0.5, 0.6) is 0 Å². The molecule has 0 aromatic heterocycles. The third-order valence-corrected chi connectivity index (χ3v) is 6.75. The van der Waals surface area contributed by atoms with Gasteiger partial charge >= 0.3 is 69.8 Å². The van der Waals surface area contributed by atoms with Crippen molar-refractivity contribution in [3.8, 4) is 0 Å². The van der Waals surface area contributed by atoms with Gasteiger partial charge < -0.3 is 0 Å². The van der Waals surface area contributed by atoms with E-state index in [0.29, 0.717) is 22.7 Å². The van der Waals surface area contributed by atoms with Crippen LogP contribution in [0.4, 0.5) is 8.39 Å². The Kier molecular flexibility index (Phi) is 1.45. The van der Waals surface area contributed by atoms with Gasteiger partial charge in [0.1, 0.15) is 0 Å². The molecule has 0 spiro atoms. The van der Waals surface area contributed by atoms with E-state index in [9.17, 15) is 8.39 Å². The molecule has 2 bridgehead atoms. The van der Waals surface area contributed by atoms with Crippen LogP contribution in [-0.4, -0.2) is 0 Å². The van der Waals surface area contributed by atoms with Crippen molar-refractivity contribution < 1.29 is 8.39 Å². The van der Waals surface area contributed by atoms with Crippen LogP contribution >= 0.6 is 7.68 Å². The van der Waals surface area contributed by atoms with Crippen molar-refractivity contribution in [2.45, 2.75) is 0 Å². The second kappa shape index (κ2) is 2.06. The molecule has 0 radical (unpaired) electrons. The summed E-state index contributed by atoms with van der Waals surface area (Å²) < 4.78 is 42.3. The van der Waals surface area contributed by atoms with Gasteiger partial charge in [-0.1, -0.05) is 0 Å². The molecule has 0 amide bonds. The first-order valence-electron chi connectivity index (χ1n) is 2.22. The van der Waals surface area contributed by atoms with Gasteiger partial charge in [0.15, 0.2) is 0 Å². The first-order chi connectivity index (χ1) is 5.07. The second-order valence-corrected chi connectivity index (χ2v) is 7.13. The zero-order chi connectivity index (χ0) is 7.97. The number of fused-ring (bicyclic) bond motifs is 1. The maximum atomic E-state index is 13.1. The van der Waals surface area contributed by atoms with Crippen LogP contribution in [0.1, 0.15) is 0 Å². The van der Waals surface area contributed by atoms with Gasteiger partial charge in [-0.25, -0.2) is 0 Å². The van der Waals surface area contributed by atoms with Gasteiger partial charge in [0.05, 0.1) is 0 Å². The Morgan fingerprint density at radius 3 is 2.00 bits per heavy atom. The quantitative estimate of drug-likeness (QED) is 0.579. The van der Waals surface area contributed by atoms with Crippen molar-refractivity contribution in [3.63, 3.8) is 0 Å². The van der Waals surface area contributed by atoms with Crippen LogP contribution in [0.15, 0.2) is 19.9 Å². The molecule has 0 saturated heterocycles. The number of hydrogen-bond donors (Lipinski definition) is 0. The van der Waals surface area contributed by atoms with E-state index in [1.165, 1.54) is 0 Å². The summed E-state index contributed by atoms with van der Waals surface area (Å²) in [5.41, 5.74) is 0. The van der Waals surface area contributed by atoms with Crippen LogP contribution in [0.25, 0.3) is 0 Å². The van der Waals surface area contributed by atoms with Crippen molar-refractivity contribution in [1.29, 1.82) is 0 Å². The van der Waals surface area contributed by atoms with Gasteiger partial charge in [-0.05, 0) is 0 Å². The van der Waals surface area contributed by atoms with E-state index >= 15 is 0 Å². The van der Waals surface area contributed by atoms with Crippen LogP contribution < -0.4 is 0 Å². The Labute approximate surface area is 70.1 Å². The molecular formula is F2N5PS3. The zero-order valence-electron chi connectivity index (χ0n) is 4.66. The molecule has 0 saturated carbocycles. The molecule has 0 aromatic rings. The first kappa shape index (κ1) is 7.71. The molecule has 0 aromatic carbocycles. The summed E-state index contributed by atoms with van der Waals surface area (Å²) in [4.78, 5) is 0. The molecule has 11 heavy (non-hydrogen) atoms. The van der Waals surface area contributed by atoms with Crippen molar-refractivity contribution in [3.05, 3.63) is 0 Å². The van der Waals surface area contributed by atoms with Gasteiger partial charge in [0.2, 0.25) is 0 Å². The number of rotatable bonds is 0. The fourth-order valence-electron chi connectivity index (χ4n) is 0.419. The van der Waals surface area contributed by atoms with Crippen LogP contribution in [0.2, 0.25) is 0 Å². The molecule has 5 nitrogen and oxygen atoms in total. The van der Waals surface area contributed by atoms with Gasteiger partial charge in [-0.3, -0.25) is 0 Å². The van der Waals surface area contributed by atoms with Crippen molar-refractivity contribution in [1.82, 2.24) is 0 Å². The molecular weight excluding hydrogens is 235 g/mol. The Balaban J connectivity index is 2.79. The monoisotopic (exact) mass is 235 g/mol. The summed E-state index contributed by atoms with van der Waals surface area (Å²) in [6.07, 6.45) is 0. The fourth-order valence-corrected chi connectivity index (χ4v) is 5.89. The molecule has 0 fully saturated rings. The standard InChI is InChI=1S/F2N5PS3/c1-8(2)3-9-6-11(5-8)7-10-4-8. The Bertz CT molecular complexity index is 353. The van der Waals surface area contributed by atoms with Crippen molar-refractivity contribution >= 4 is 41.4 Å². The van der Waals surface area contributed by atoms with Gasteiger partial charge in [-0.2, -0.15) is 0 Å². The Morgan fingerprint density at radius 1 is 1.09 bits per heavy atom. The molecule has 0 aliphatic carbocycles. The molecule has 0 N–H and O–H groups in total. The summed E-state index contributed by atoms with van der Waals surface area (Å²) in [5.74, 6) is 0. The van der Waals surface area contributed by atoms with Crippen molar-refractivity contribution in [2.24, 2.45) is 19.9 Å². The van der Waals surface area contributed by atoms with E-state index in [2.05, 4.69) is 19.9 Å². The molecule has 62 valence electrons. The van der Waals surface area contributed by atoms with E-state index in [-0.39, 0.29) is 0 Å². The van der Waals surface area contributed by atoms with E-state index in [1.54, 1.807) is 0 Å². The van der Waals surface area contributed by atoms with Gasteiger partial charge in [-0.15, -0.1) is 0 Å². The summed E-state index contributed by atoms with van der Waals surface area (Å²) in [6.45, 7) is 0. The first-order valence-corrected chi connectivity index (χ1v) is 6.65. The maximum absolute atomic E-state index is 13.1. The molecule has 2 aliphatic heterocycles. The average molecular weight is 235 g/mol. The Hall–Kier alpha value is 0.0800. The summed E-state index contributed by atoms with van der Waals surface area (Å²) in [7, 11) is -5.42. The molecule has 2 heterocycles. The molecule has 2 rings (SSSR count). The third kappa shape index (κ3) is 1.35. The van der Waals surface area contributed by atoms with Crippen LogP contribution in [0.3, 0.4) is 0 Å². The SMILES string of the molecule is FP12(F)N=S=NS(=N1)N=S=N2. The molecule has 2 aliphatic rings. The van der Waals surface area contributed by atoms with Crippen LogP contribution in [0, 0.1) is 0 Å². The van der Waals surface area contributed by atoms with E-state index in [1.807, 2.05) is 0 Å². The predicted octanol–water partition coefficient (Wildman–Crippen LogP) is 2.61.